The fourth-order valence-electron chi connectivity index (χ4n) is 1.68. The number of amides is 1. The summed E-state index contributed by atoms with van der Waals surface area (Å²) in [7, 11) is 0. The largest absolute Gasteiger partial charge is 0.278 e. The highest BCUT2D eigenvalue weighted by atomic mass is 127. The van der Waals surface area contributed by atoms with E-state index >= 15 is 0 Å². The molecule has 0 bridgehead atoms. The standard InChI is InChI=1S/C11H11IN2O4/c12-10-4-3-8(14(16)17)7-9(10)11(15)13-5-1-2-6-18-13/h3-4,7H,1-2,5-6H2. The molecule has 0 N–H and O–H groups in total. The summed E-state index contributed by atoms with van der Waals surface area (Å²) in [5.74, 6) is -0.317. The summed E-state index contributed by atoms with van der Waals surface area (Å²) in [6, 6.07) is 4.24. The zero-order chi connectivity index (χ0) is 13.1. The third-order valence-corrected chi connectivity index (χ3v) is 3.56. The van der Waals surface area contributed by atoms with Gasteiger partial charge in [0.15, 0.2) is 0 Å². The van der Waals surface area contributed by atoms with E-state index in [1.165, 1.54) is 17.2 Å². The van der Waals surface area contributed by atoms with E-state index in [0.29, 0.717) is 22.3 Å². The van der Waals surface area contributed by atoms with Crippen LogP contribution in [0.25, 0.3) is 0 Å². The molecular weight excluding hydrogens is 351 g/mol. The van der Waals surface area contributed by atoms with E-state index in [4.69, 9.17) is 4.84 Å². The highest BCUT2D eigenvalue weighted by molar-refractivity contribution is 14.1. The van der Waals surface area contributed by atoms with Gasteiger partial charge in [0.2, 0.25) is 0 Å². The average Bonchev–Trinajstić information content (AvgIpc) is 2.39. The molecule has 1 aromatic carbocycles. The summed E-state index contributed by atoms with van der Waals surface area (Å²) >= 11 is 1.99. The molecule has 0 aromatic heterocycles. The van der Waals surface area contributed by atoms with Crippen LogP contribution in [-0.4, -0.2) is 29.0 Å². The third-order valence-electron chi connectivity index (χ3n) is 2.62. The van der Waals surface area contributed by atoms with E-state index in [-0.39, 0.29) is 11.6 Å². The van der Waals surface area contributed by atoms with Crippen LogP contribution in [-0.2, 0) is 4.84 Å². The van der Waals surface area contributed by atoms with Gasteiger partial charge in [-0.25, -0.2) is 5.06 Å². The van der Waals surface area contributed by atoms with Crippen molar-refractivity contribution >= 4 is 34.2 Å². The third kappa shape index (κ3) is 2.78. The molecule has 1 aromatic rings. The lowest BCUT2D eigenvalue weighted by Crippen LogP contribution is -2.36. The summed E-state index contributed by atoms with van der Waals surface area (Å²) in [6.45, 7) is 1.04. The summed E-state index contributed by atoms with van der Waals surface area (Å²) in [5, 5.41) is 12.0. The maximum atomic E-state index is 12.2. The van der Waals surface area contributed by atoms with E-state index < -0.39 is 4.92 Å². The van der Waals surface area contributed by atoms with Gasteiger partial charge >= 0.3 is 0 Å². The predicted octanol–water partition coefficient (Wildman–Crippen LogP) is 2.37. The maximum Gasteiger partial charge on any atom is 0.278 e. The Bertz CT molecular complexity index is 486. The second-order valence-electron chi connectivity index (χ2n) is 3.87. The molecule has 1 fully saturated rings. The van der Waals surface area contributed by atoms with Crippen molar-refractivity contribution in [1.29, 1.82) is 0 Å². The number of rotatable bonds is 2. The van der Waals surface area contributed by atoms with Crippen LogP contribution in [0.3, 0.4) is 0 Å². The number of nitrogens with zero attached hydrogens (tertiary/aromatic N) is 2. The van der Waals surface area contributed by atoms with Gasteiger partial charge in [0.1, 0.15) is 0 Å². The number of carbonyl (C=O) groups excluding carboxylic acids is 1. The minimum Gasteiger partial charge on any atom is -0.271 e. The van der Waals surface area contributed by atoms with Crippen molar-refractivity contribution in [3.05, 3.63) is 37.4 Å². The summed E-state index contributed by atoms with van der Waals surface area (Å²) in [6.07, 6.45) is 1.81. The molecule has 96 valence electrons. The van der Waals surface area contributed by atoms with E-state index in [9.17, 15) is 14.9 Å². The minimum atomic E-state index is -0.510. The van der Waals surface area contributed by atoms with Gasteiger partial charge < -0.3 is 0 Å². The van der Waals surface area contributed by atoms with Crippen LogP contribution in [0.4, 0.5) is 5.69 Å². The molecule has 2 rings (SSSR count). The normalized spacial score (nSPS) is 15.5. The van der Waals surface area contributed by atoms with Crippen LogP contribution < -0.4 is 0 Å². The number of nitro benzene ring substituents is 1. The Morgan fingerprint density at radius 3 is 2.83 bits per heavy atom. The maximum absolute atomic E-state index is 12.2. The van der Waals surface area contributed by atoms with Gasteiger partial charge in [0, 0.05) is 22.2 Å². The molecular formula is C11H11IN2O4. The molecule has 0 aliphatic carbocycles. The first-order valence-corrected chi connectivity index (χ1v) is 6.56. The van der Waals surface area contributed by atoms with E-state index in [0.717, 1.165) is 12.8 Å². The highest BCUT2D eigenvalue weighted by Gasteiger charge is 2.23. The lowest BCUT2D eigenvalue weighted by molar-refractivity contribution is -0.384. The van der Waals surface area contributed by atoms with Gasteiger partial charge in [0.05, 0.1) is 17.1 Å². The van der Waals surface area contributed by atoms with Gasteiger partial charge in [-0.15, -0.1) is 0 Å². The Kier molecular flexibility index (Phi) is 4.12. The molecule has 7 heteroatoms. The SMILES string of the molecule is O=C(c1cc([N+](=O)[O-])ccc1I)N1CCCCO1. The van der Waals surface area contributed by atoms with Crippen molar-refractivity contribution in [3.8, 4) is 0 Å². The molecule has 1 aliphatic heterocycles. The van der Waals surface area contributed by atoms with Crippen molar-refractivity contribution in [2.45, 2.75) is 12.8 Å². The lowest BCUT2D eigenvalue weighted by atomic mass is 10.2. The van der Waals surface area contributed by atoms with Gasteiger partial charge in [-0.2, -0.15) is 0 Å². The van der Waals surface area contributed by atoms with Crippen molar-refractivity contribution in [1.82, 2.24) is 5.06 Å². The molecule has 0 spiro atoms. The summed E-state index contributed by atoms with van der Waals surface area (Å²) in [5.41, 5.74) is 0.225. The highest BCUT2D eigenvalue weighted by Crippen LogP contribution is 2.22. The lowest BCUT2D eigenvalue weighted by Gasteiger charge is -2.26. The van der Waals surface area contributed by atoms with Crippen LogP contribution in [0, 0.1) is 13.7 Å². The zero-order valence-electron chi connectivity index (χ0n) is 9.47. The quantitative estimate of drug-likeness (QED) is 0.460. The molecule has 0 atom stereocenters. The monoisotopic (exact) mass is 362 g/mol. The van der Waals surface area contributed by atoms with Crippen molar-refractivity contribution < 1.29 is 14.6 Å². The van der Waals surface area contributed by atoms with Crippen LogP contribution >= 0.6 is 22.6 Å². The molecule has 0 unspecified atom stereocenters. The number of non-ortho nitro benzene ring substituents is 1. The Morgan fingerprint density at radius 2 is 2.22 bits per heavy atom. The Labute approximate surface area is 117 Å². The fourth-order valence-corrected chi connectivity index (χ4v) is 2.25. The van der Waals surface area contributed by atoms with E-state index in [1.807, 2.05) is 22.6 Å². The van der Waals surface area contributed by atoms with Crippen molar-refractivity contribution in [2.24, 2.45) is 0 Å². The van der Waals surface area contributed by atoms with Gasteiger partial charge in [0.25, 0.3) is 11.6 Å². The van der Waals surface area contributed by atoms with Crippen molar-refractivity contribution in [2.75, 3.05) is 13.2 Å². The zero-order valence-corrected chi connectivity index (χ0v) is 11.6. The molecule has 6 nitrogen and oxygen atoms in total. The van der Waals surface area contributed by atoms with Crippen molar-refractivity contribution in [3.63, 3.8) is 0 Å². The molecule has 0 saturated carbocycles. The first kappa shape index (κ1) is 13.2. The van der Waals surface area contributed by atoms with E-state index in [2.05, 4.69) is 0 Å². The van der Waals surface area contributed by atoms with Gasteiger partial charge in [-0.3, -0.25) is 19.7 Å². The summed E-state index contributed by atoms with van der Waals surface area (Å²) in [4.78, 5) is 27.6. The number of hydrogen-bond donors (Lipinski definition) is 0. The molecule has 1 amide bonds. The molecule has 0 radical (unpaired) electrons. The first-order chi connectivity index (χ1) is 8.59. The second kappa shape index (κ2) is 5.61. The first-order valence-electron chi connectivity index (χ1n) is 5.48. The van der Waals surface area contributed by atoms with E-state index in [1.54, 1.807) is 6.07 Å². The smallest absolute Gasteiger partial charge is 0.271 e. The van der Waals surface area contributed by atoms with Crippen LogP contribution in [0.5, 0.6) is 0 Å². The molecule has 1 heterocycles. The molecule has 18 heavy (non-hydrogen) atoms. The Balaban J connectivity index is 2.28. The number of hydrogen-bond acceptors (Lipinski definition) is 4. The average molecular weight is 362 g/mol. The number of carbonyl (C=O) groups is 1. The Hall–Kier alpha value is -1.22. The minimum absolute atomic E-state index is 0.0872. The number of nitro groups is 1. The topological polar surface area (TPSA) is 72.7 Å². The van der Waals surface area contributed by atoms with Gasteiger partial charge in [-0.1, -0.05) is 0 Å². The predicted molar refractivity (Wildman–Crippen MR) is 72.0 cm³/mol. The molecule has 1 saturated heterocycles. The van der Waals surface area contributed by atoms with Crippen LogP contribution in [0.2, 0.25) is 0 Å². The number of benzene rings is 1. The number of halogens is 1. The van der Waals surface area contributed by atoms with Crippen LogP contribution in [0.15, 0.2) is 18.2 Å². The van der Waals surface area contributed by atoms with Crippen LogP contribution in [0.1, 0.15) is 23.2 Å². The fraction of sp³-hybridized carbons (Fsp3) is 0.364. The molecule has 1 aliphatic rings. The second-order valence-corrected chi connectivity index (χ2v) is 5.03. The van der Waals surface area contributed by atoms with Gasteiger partial charge in [-0.05, 0) is 41.5 Å². The summed E-state index contributed by atoms with van der Waals surface area (Å²) < 4.78 is 0.678. The number of hydroxylamine groups is 2. The Morgan fingerprint density at radius 1 is 1.44 bits per heavy atom.